The SMILES string of the molecule is COc1cc(NC(=O)c2ccn(Cn3cc(Br)cn3)n2)cc(S(=O)(=O)c2ccc(Cl)cc2)c1. The average molecular weight is 551 g/mol. The molecule has 4 rings (SSSR count). The normalized spacial score (nSPS) is 11.4. The minimum Gasteiger partial charge on any atom is -0.497 e. The van der Waals surface area contributed by atoms with E-state index in [1.807, 2.05) is 0 Å². The molecule has 0 radical (unpaired) electrons. The van der Waals surface area contributed by atoms with Crippen LogP contribution in [0.3, 0.4) is 0 Å². The van der Waals surface area contributed by atoms with Crippen LogP contribution in [0.4, 0.5) is 5.69 Å². The molecule has 4 aromatic rings. The fraction of sp³-hybridized carbons (Fsp3) is 0.0952. The Hall–Kier alpha value is -3.15. The van der Waals surface area contributed by atoms with Crippen LogP contribution in [-0.4, -0.2) is 41.0 Å². The zero-order valence-electron chi connectivity index (χ0n) is 17.1. The Labute approximate surface area is 203 Å². The van der Waals surface area contributed by atoms with E-state index in [2.05, 4.69) is 31.4 Å². The topological polar surface area (TPSA) is 108 Å². The zero-order chi connectivity index (χ0) is 23.6. The third kappa shape index (κ3) is 5.27. The van der Waals surface area contributed by atoms with E-state index in [4.69, 9.17) is 16.3 Å². The van der Waals surface area contributed by atoms with Gasteiger partial charge in [-0.15, -0.1) is 0 Å². The van der Waals surface area contributed by atoms with Gasteiger partial charge < -0.3 is 10.1 Å². The quantitative estimate of drug-likeness (QED) is 0.371. The summed E-state index contributed by atoms with van der Waals surface area (Å²) in [6.45, 7) is 0.321. The number of nitrogens with one attached hydrogen (secondary N) is 1. The second-order valence-corrected chi connectivity index (χ2v) is 10.2. The molecule has 0 spiro atoms. The molecule has 0 bridgehead atoms. The van der Waals surface area contributed by atoms with Gasteiger partial charge in [0, 0.05) is 29.2 Å². The lowest BCUT2D eigenvalue weighted by molar-refractivity contribution is 0.102. The number of methoxy groups -OCH3 is 1. The lowest BCUT2D eigenvalue weighted by atomic mass is 10.3. The molecule has 2 aromatic heterocycles. The third-order valence-electron chi connectivity index (χ3n) is 4.57. The van der Waals surface area contributed by atoms with Crippen molar-refractivity contribution in [2.45, 2.75) is 16.5 Å². The van der Waals surface area contributed by atoms with Crippen molar-refractivity contribution in [3.63, 3.8) is 0 Å². The van der Waals surface area contributed by atoms with Crippen molar-refractivity contribution in [3.05, 3.63) is 82.3 Å². The first-order valence-electron chi connectivity index (χ1n) is 9.47. The lowest BCUT2D eigenvalue weighted by Gasteiger charge is -2.11. The number of carbonyl (C=O) groups is 1. The van der Waals surface area contributed by atoms with Gasteiger partial charge in [0.15, 0.2) is 5.69 Å². The molecular formula is C21H17BrClN5O4S. The molecule has 0 saturated heterocycles. The maximum Gasteiger partial charge on any atom is 0.276 e. The maximum atomic E-state index is 13.1. The van der Waals surface area contributed by atoms with Crippen LogP contribution in [0.25, 0.3) is 0 Å². The summed E-state index contributed by atoms with van der Waals surface area (Å²) in [7, 11) is -2.45. The number of ether oxygens (including phenoxy) is 1. The van der Waals surface area contributed by atoms with Gasteiger partial charge in [-0.3, -0.25) is 9.48 Å². The zero-order valence-corrected chi connectivity index (χ0v) is 20.3. The highest BCUT2D eigenvalue weighted by Crippen LogP contribution is 2.29. The number of amides is 1. The Balaban J connectivity index is 1.57. The molecular weight excluding hydrogens is 534 g/mol. The maximum absolute atomic E-state index is 13.1. The number of halogens is 2. The van der Waals surface area contributed by atoms with Crippen LogP contribution < -0.4 is 10.1 Å². The molecule has 0 saturated carbocycles. The number of carbonyl (C=O) groups excluding carboxylic acids is 1. The van der Waals surface area contributed by atoms with Gasteiger partial charge >= 0.3 is 0 Å². The average Bonchev–Trinajstić information content (AvgIpc) is 3.43. The number of hydrogen-bond acceptors (Lipinski definition) is 6. The Morgan fingerprint density at radius 1 is 1.12 bits per heavy atom. The first-order valence-corrected chi connectivity index (χ1v) is 12.1. The van der Waals surface area contributed by atoms with Crippen molar-refractivity contribution in [2.75, 3.05) is 12.4 Å². The number of aromatic nitrogens is 4. The summed E-state index contributed by atoms with van der Waals surface area (Å²) in [6, 6.07) is 11.7. The summed E-state index contributed by atoms with van der Waals surface area (Å²) in [5.41, 5.74) is 0.406. The van der Waals surface area contributed by atoms with Gasteiger partial charge in [-0.2, -0.15) is 10.2 Å². The molecule has 2 heterocycles. The van der Waals surface area contributed by atoms with Gasteiger partial charge in [0.25, 0.3) is 5.91 Å². The summed E-state index contributed by atoms with van der Waals surface area (Å²) < 4.78 is 35.4. The smallest absolute Gasteiger partial charge is 0.276 e. The Morgan fingerprint density at radius 2 is 1.88 bits per heavy atom. The molecule has 170 valence electrons. The van der Waals surface area contributed by atoms with Gasteiger partial charge in [-0.25, -0.2) is 13.1 Å². The predicted molar refractivity (Wildman–Crippen MR) is 125 cm³/mol. The van der Waals surface area contributed by atoms with E-state index in [1.54, 1.807) is 34.0 Å². The molecule has 0 unspecified atom stereocenters. The van der Waals surface area contributed by atoms with Gasteiger partial charge in [-0.1, -0.05) is 11.6 Å². The first-order chi connectivity index (χ1) is 15.7. The molecule has 9 nitrogen and oxygen atoms in total. The highest BCUT2D eigenvalue weighted by molar-refractivity contribution is 9.10. The van der Waals surface area contributed by atoms with E-state index in [9.17, 15) is 13.2 Å². The second kappa shape index (κ2) is 9.38. The van der Waals surface area contributed by atoms with Gasteiger partial charge in [0.2, 0.25) is 9.84 Å². The van der Waals surface area contributed by atoms with E-state index in [0.29, 0.717) is 11.7 Å². The van der Waals surface area contributed by atoms with Crippen molar-refractivity contribution in [2.24, 2.45) is 0 Å². The standard InChI is InChI=1S/C21H17BrClN5O4S/c1-32-17-8-16(9-19(10-17)33(30,31)18-4-2-15(23)3-5-18)25-21(29)20-6-7-27(26-20)13-28-12-14(22)11-24-28/h2-12H,13H2,1H3,(H,25,29). The monoisotopic (exact) mass is 549 g/mol. The van der Waals surface area contributed by atoms with E-state index in [0.717, 1.165) is 4.47 Å². The fourth-order valence-electron chi connectivity index (χ4n) is 2.99. The van der Waals surface area contributed by atoms with Crippen LogP contribution >= 0.6 is 27.5 Å². The minimum absolute atomic E-state index is 0.0331. The highest BCUT2D eigenvalue weighted by Gasteiger charge is 2.20. The summed E-state index contributed by atoms with van der Waals surface area (Å²) in [5.74, 6) is -0.228. The molecule has 0 aliphatic carbocycles. The molecule has 1 N–H and O–H groups in total. The Morgan fingerprint density at radius 3 is 2.55 bits per heavy atom. The van der Waals surface area contributed by atoms with E-state index in [1.165, 1.54) is 49.6 Å². The number of nitrogens with zero attached hydrogens (tertiary/aromatic N) is 4. The van der Waals surface area contributed by atoms with Crippen LogP contribution in [0.5, 0.6) is 5.75 Å². The lowest BCUT2D eigenvalue weighted by Crippen LogP contribution is -2.15. The van der Waals surface area contributed by atoms with Crippen LogP contribution in [0.15, 0.2) is 81.4 Å². The molecule has 12 heteroatoms. The predicted octanol–water partition coefficient (Wildman–Crippen LogP) is 4.10. The summed E-state index contributed by atoms with van der Waals surface area (Å²) in [6.07, 6.45) is 5.07. The minimum atomic E-state index is -3.86. The molecule has 0 fully saturated rings. The van der Waals surface area contributed by atoms with Crippen molar-refractivity contribution in [3.8, 4) is 5.75 Å². The largest absolute Gasteiger partial charge is 0.497 e. The van der Waals surface area contributed by atoms with Crippen molar-refractivity contribution >= 4 is 49.0 Å². The fourth-order valence-corrected chi connectivity index (χ4v) is 4.76. The van der Waals surface area contributed by atoms with E-state index in [-0.39, 0.29) is 26.9 Å². The molecule has 0 aliphatic rings. The highest BCUT2D eigenvalue weighted by atomic mass is 79.9. The van der Waals surface area contributed by atoms with Crippen LogP contribution in [0.2, 0.25) is 5.02 Å². The number of benzene rings is 2. The summed E-state index contributed by atoms with van der Waals surface area (Å²) >= 11 is 9.19. The molecule has 0 atom stereocenters. The summed E-state index contributed by atoms with van der Waals surface area (Å²) in [5, 5.41) is 11.5. The van der Waals surface area contributed by atoms with Gasteiger partial charge in [0.05, 0.1) is 27.6 Å². The van der Waals surface area contributed by atoms with Crippen molar-refractivity contribution in [1.82, 2.24) is 19.6 Å². The first kappa shape index (κ1) is 23.0. The van der Waals surface area contributed by atoms with Crippen LogP contribution in [0, 0.1) is 0 Å². The van der Waals surface area contributed by atoms with Crippen molar-refractivity contribution in [1.29, 1.82) is 0 Å². The van der Waals surface area contributed by atoms with Crippen molar-refractivity contribution < 1.29 is 17.9 Å². The number of anilines is 1. The van der Waals surface area contributed by atoms with E-state index < -0.39 is 15.7 Å². The molecule has 0 aliphatic heterocycles. The summed E-state index contributed by atoms with van der Waals surface area (Å²) in [4.78, 5) is 12.8. The second-order valence-electron chi connectivity index (χ2n) is 6.89. The number of hydrogen-bond donors (Lipinski definition) is 1. The van der Waals surface area contributed by atoms with Gasteiger partial charge in [0.1, 0.15) is 12.4 Å². The Bertz CT molecular complexity index is 1420. The van der Waals surface area contributed by atoms with E-state index >= 15 is 0 Å². The number of rotatable bonds is 7. The number of sulfone groups is 1. The van der Waals surface area contributed by atoms with Gasteiger partial charge in [-0.05, 0) is 58.4 Å². The van der Waals surface area contributed by atoms with Crippen LogP contribution in [0.1, 0.15) is 10.5 Å². The molecule has 1 amide bonds. The molecule has 33 heavy (non-hydrogen) atoms. The third-order valence-corrected chi connectivity index (χ3v) is 6.98. The Kier molecular flexibility index (Phi) is 6.54. The van der Waals surface area contributed by atoms with Crippen LogP contribution in [-0.2, 0) is 16.5 Å². The molecule has 2 aromatic carbocycles.